The molecule has 16 heavy (non-hydrogen) atoms. The number of likely N-dealkylation sites (N-methyl/N-ethyl adjacent to an activating group) is 1. The molecule has 0 bridgehead atoms. The van der Waals surface area contributed by atoms with Crippen LogP contribution >= 0.6 is 11.5 Å². The Morgan fingerprint density at radius 2 is 2.19 bits per heavy atom. The predicted molar refractivity (Wildman–Crippen MR) is 64.3 cm³/mol. The first kappa shape index (κ1) is 11.5. The van der Waals surface area contributed by atoms with Crippen LogP contribution < -0.4 is 0 Å². The van der Waals surface area contributed by atoms with Crippen molar-refractivity contribution in [1.29, 1.82) is 0 Å². The average molecular weight is 239 g/mol. The van der Waals surface area contributed by atoms with Crippen molar-refractivity contribution in [2.24, 2.45) is 0 Å². The van der Waals surface area contributed by atoms with Crippen LogP contribution in [-0.2, 0) is 11.3 Å². The highest BCUT2D eigenvalue weighted by molar-refractivity contribution is 7.05. The maximum absolute atomic E-state index is 11.6. The number of carbonyl (C=O) groups is 1. The lowest BCUT2D eigenvalue weighted by molar-refractivity contribution is -0.126. The van der Waals surface area contributed by atoms with Crippen LogP contribution in [0.25, 0.3) is 0 Å². The van der Waals surface area contributed by atoms with Gasteiger partial charge in [-0.1, -0.05) is 0 Å². The second-order valence-electron chi connectivity index (χ2n) is 4.18. The van der Waals surface area contributed by atoms with Gasteiger partial charge in [0.05, 0.1) is 18.9 Å². The van der Waals surface area contributed by atoms with Gasteiger partial charge in [0.25, 0.3) is 0 Å². The van der Waals surface area contributed by atoms with Crippen LogP contribution in [0.1, 0.15) is 23.1 Å². The van der Waals surface area contributed by atoms with Crippen molar-refractivity contribution in [2.75, 3.05) is 19.8 Å². The number of nitrogens with zero attached hydrogens (tertiary/aromatic N) is 3. The second-order valence-corrected chi connectivity index (χ2v) is 5.16. The molecule has 0 aromatic carbocycles. The van der Waals surface area contributed by atoms with Crippen LogP contribution in [0.3, 0.4) is 0 Å². The third-order valence-electron chi connectivity index (χ3n) is 3.03. The quantitative estimate of drug-likeness (QED) is 0.799. The molecular weight excluding hydrogens is 222 g/mol. The molecule has 1 saturated heterocycles. The fourth-order valence-corrected chi connectivity index (χ4v) is 2.70. The summed E-state index contributed by atoms with van der Waals surface area (Å²) in [4.78, 5) is 16.9. The molecule has 1 aliphatic rings. The van der Waals surface area contributed by atoms with E-state index in [2.05, 4.69) is 16.2 Å². The standard InChI is InChI=1S/C11H17N3OS/c1-4-14-7-13(6-11(14)15)5-10-8(2)12-16-9(10)3/h4-7H2,1-3H3. The summed E-state index contributed by atoms with van der Waals surface area (Å²) in [6.07, 6.45) is 0. The van der Waals surface area contributed by atoms with E-state index in [1.807, 2.05) is 18.7 Å². The van der Waals surface area contributed by atoms with Crippen molar-refractivity contribution in [1.82, 2.24) is 14.2 Å². The van der Waals surface area contributed by atoms with Crippen LogP contribution in [-0.4, -0.2) is 39.8 Å². The molecule has 1 aromatic rings. The number of carbonyl (C=O) groups excluding carboxylic acids is 1. The zero-order valence-electron chi connectivity index (χ0n) is 9.99. The lowest BCUT2D eigenvalue weighted by Gasteiger charge is -2.16. The Morgan fingerprint density at radius 3 is 2.69 bits per heavy atom. The molecule has 0 atom stereocenters. The van der Waals surface area contributed by atoms with Crippen molar-refractivity contribution in [3.63, 3.8) is 0 Å². The van der Waals surface area contributed by atoms with E-state index in [4.69, 9.17) is 0 Å². The molecule has 1 amide bonds. The summed E-state index contributed by atoms with van der Waals surface area (Å²) in [6, 6.07) is 0. The summed E-state index contributed by atoms with van der Waals surface area (Å²) in [7, 11) is 0. The minimum absolute atomic E-state index is 0.237. The number of amides is 1. The van der Waals surface area contributed by atoms with Crippen LogP contribution in [0.4, 0.5) is 0 Å². The van der Waals surface area contributed by atoms with E-state index in [-0.39, 0.29) is 5.91 Å². The maximum Gasteiger partial charge on any atom is 0.237 e. The first-order chi connectivity index (χ1) is 7.61. The van der Waals surface area contributed by atoms with E-state index in [1.54, 1.807) is 11.5 Å². The Labute approximate surface area is 100 Å². The molecule has 0 radical (unpaired) electrons. The Bertz CT molecular complexity index is 382. The van der Waals surface area contributed by atoms with Gasteiger partial charge in [0, 0.05) is 23.5 Å². The van der Waals surface area contributed by atoms with Gasteiger partial charge in [-0.25, -0.2) is 0 Å². The Balaban J connectivity index is 2.04. The van der Waals surface area contributed by atoms with Gasteiger partial charge in [-0.2, -0.15) is 4.37 Å². The first-order valence-electron chi connectivity index (χ1n) is 5.53. The van der Waals surface area contributed by atoms with Crippen LogP contribution in [0.2, 0.25) is 0 Å². The van der Waals surface area contributed by atoms with Crippen molar-refractivity contribution in [3.8, 4) is 0 Å². The molecule has 88 valence electrons. The van der Waals surface area contributed by atoms with Crippen LogP contribution in [0, 0.1) is 13.8 Å². The molecule has 0 unspecified atom stereocenters. The monoisotopic (exact) mass is 239 g/mol. The third-order valence-corrected chi connectivity index (χ3v) is 3.91. The number of aromatic nitrogens is 1. The van der Waals surface area contributed by atoms with Crippen molar-refractivity contribution < 1.29 is 4.79 Å². The van der Waals surface area contributed by atoms with E-state index in [0.29, 0.717) is 6.54 Å². The summed E-state index contributed by atoms with van der Waals surface area (Å²) >= 11 is 1.55. The molecule has 5 heteroatoms. The van der Waals surface area contributed by atoms with Gasteiger partial charge in [0.15, 0.2) is 0 Å². The molecule has 4 nitrogen and oxygen atoms in total. The fraction of sp³-hybridized carbons (Fsp3) is 0.636. The second kappa shape index (κ2) is 4.51. The van der Waals surface area contributed by atoms with E-state index in [1.165, 1.54) is 10.4 Å². The van der Waals surface area contributed by atoms with E-state index < -0.39 is 0 Å². The first-order valence-corrected chi connectivity index (χ1v) is 6.31. The number of aryl methyl sites for hydroxylation is 2. The van der Waals surface area contributed by atoms with Gasteiger partial charge >= 0.3 is 0 Å². The summed E-state index contributed by atoms with van der Waals surface area (Å²) in [5, 5.41) is 0. The van der Waals surface area contributed by atoms with Crippen molar-refractivity contribution in [2.45, 2.75) is 27.3 Å². The normalized spacial score (nSPS) is 17.4. The Hall–Kier alpha value is -0.940. The zero-order chi connectivity index (χ0) is 11.7. The largest absolute Gasteiger partial charge is 0.329 e. The zero-order valence-corrected chi connectivity index (χ0v) is 10.8. The topological polar surface area (TPSA) is 36.4 Å². The smallest absolute Gasteiger partial charge is 0.237 e. The van der Waals surface area contributed by atoms with Gasteiger partial charge in [-0.05, 0) is 32.3 Å². The highest BCUT2D eigenvalue weighted by atomic mass is 32.1. The number of rotatable bonds is 3. The highest BCUT2D eigenvalue weighted by Crippen LogP contribution is 2.20. The van der Waals surface area contributed by atoms with Crippen LogP contribution in [0.15, 0.2) is 0 Å². The molecule has 0 spiro atoms. The summed E-state index contributed by atoms with van der Waals surface area (Å²) in [5.41, 5.74) is 2.39. The number of hydrogen-bond acceptors (Lipinski definition) is 4. The minimum Gasteiger partial charge on any atom is -0.329 e. The molecule has 0 aliphatic carbocycles. The van der Waals surface area contributed by atoms with E-state index >= 15 is 0 Å². The summed E-state index contributed by atoms with van der Waals surface area (Å²) in [5.74, 6) is 0.237. The molecule has 0 saturated carbocycles. The fourth-order valence-electron chi connectivity index (χ4n) is 2.00. The Morgan fingerprint density at radius 1 is 1.44 bits per heavy atom. The van der Waals surface area contributed by atoms with Gasteiger partial charge < -0.3 is 4.90 Å². The summed E-state index contributed by atoms with van der Waals surface area (Å²) in [6.45, 7) is 9.09. The predicted octanol–water partition coefficient (Wildman–Crippen LogP) is 1.38. The molecule has 1 fully saturated rings. The molecule has 1 aliphatic heterocycles. The van der Waals surface area contributed by atoms with Gasteiger partial charge in [-0.3, -0.25) is 9.69 Å². The molecule has 2 rings (SSSR count). The van der Waals surface area contributed by atoms with Crippen LogP contribution in [0.5, 0.6) is 0 Å². The highest BCUT2D eigenvalue weighted by Gasteiger charge is 2.26. The van der Waals surface area contributed by atoms with Crippen molar-refractivity contribution >= 4 is 17.4 Å². The molecule has 1 aromatic heterocycles. The van der Waals surface area contributed by atoms with E-state index in [0.717, 1.165) is 25.5 Å². The number of hydrogen-bond donors (Lipinski definition) is 0. The molecule has 0 N–H and O–H groups in total. The van der Waals surface area contributed by atoms with Gasteiger partial charge in [0.2, 0.25) is 5.91 Å². The van der Waals surface area contributed by atoms with Gasteiger partial charge in [-0.15, -0.1) is 0 Å². The lowest BCUT2D eigenvalue weighted by atomic mass is 10.2. The van der Waals surface area contributed by atoms with E-state index in [9.17, 15) is 4.79 Å². The minimum atomic E-state index is 0.237. The Kier molecular flexibility index (Phi) is 3.25. The molecule has 2 heterocycles. The van der Waals surface area contributed by atoms with Crippen molar-refractivity contribution in [3.05, 3.63) is 16.1 Å². The third kappa shape index (κ3) is 2.10. The average Bonchev–Trinajstić information content (AvgIpc) is 2.76. The SMILES string of the molecule is CCN1CN(Cc2c(C)nsc2C)CC1=O. The van der Waals surface area contributed by atoms with Gasteiger partial charge in [0.1, 0.15) is 0 Å². The molecular formula is C11H17N3OS. The summed E-state index contributed by atoms with van der Waals surface area (Å²) < 4.78 is 4.33. The maximum atomic E-state index is 11.6. The lowest BCUT2D eigenvalue weighted by Crippen LogP contribution is -2.26.